The Morgan fingerprint density at radius 1 is 0.641 bits per heavy atom. The van der Waals surface area contributed by atoms with E-state index in [0.29, 0.717) is 48.6 Å². The van der Waals surface area contributed by atoms with Gasteiger partial charge in [-0.3, -0.25) is 9.59 Å². The molecule has 2 aliphatic rings. The quantitative estimate of drug-likeness (QED) is 0.281. The number of aliphatic imine (C=N–C) groups is 2. The van der Waals surface area contributed by atoms with E-state index in [2.05, 4.69) is 9.98 Å². The molecule has 2 unspecified atom stereocenters. The summed E-state index contributed by atoms with van der Waals surface area (Å²) in [5.41, 5.74) is -9.30. The number of hydrogen-bond donors (Lipinski definition) is 4. The number of carbonyl (C=O) groups is 4. The van der Waals surface area contributed by atoms with Crippen molar-refractivity contribution in [2.45, 2.75) is 24.6 Å². The molecule has 0 saturated carbocycles. The van der Waals surface area contributed by atoms with Crippen LogP contribution in [0.3, 0.4) is 0 Å². The summed E-state index contributed by atoms with van der Waals surface area (Å²) in [5.74, 6) is -5.63. The SMILES string of the molecule is O=C(O)C=CC(=O)N=C1C=CC(C(C2=CC(O)C(=NC(=O)C=CC(=O)O)C=C2)(C(F)(F)F)C(F)(F)F)=CC1O. The molecule has 39 heavy (non-hydrogen) atoms. The molecular weight excluding hydrogens is 546 g/mol. The smallest absolute Gasteiger partial charge is 0.411 e. The summed E-state index contributed by atoms with van der Waals surface area (Å²) < 4.78 is 86.0. The lowest BCUT2D eigenvalue weighted by Gasteiger charge is -2.41. The second-order valence-electron chi connectivity index (χ2n) is 7.64. The summed E-state index contributed by atoms with van der Waals surface area (Å²) in [7, 11) is 0. The van der Waals surface area contributed by atoms with Crippen LogP contribution in [-0.2, 0) is 19.2 Å². The average Bonchev–Trinajstić information content (AvgIpc) is 2.78. The van der Waals surface area contributed by atoms with Crippen molar-refractivity contribution in [1.29, 1.82) is 0 Å². The van der Waals surface area contributed by atoms with E-state index >= 15 is 0 Å². The third-order valence-electron chi connectivity index (χ3n) is 5.08. The Kier molecular flexibility index (Phi) is 9.10. The molecule has 0 aromatic carbocycles. The van der Waals surface area contributed by atoms with Crippen molar-refractivity contribution in [2.24, 2.45) is 15.4 Å². The van der Waals surface area contributed by atoms with E-state index in [1.165, 1.54) is 0 Å². The number of carbonyl (C=O) groups excluding carboxylic acids is 2. The number of halogens is 6. The third kappa shape index (κ3) is 6.91. The van der Waals surface area contributed by atoms with Gasteiger partial charge in [0.2, 0.25) is 5.41 Å². The monoisotopic (exact) mass is 562 g/mol. The van der Waals surface area contributed by atoms with Gasteiger partial charge in [-0.25, -0.2) is 19.6 Å². The molecule has 0 aliphatic heterocycles. The maximum absolute atomic E-state index is 14.3. The highest BCUT2D eigenvalue weighted by atomic mass is 19.4. The first-order valence-electron chi connectivity index (χ1n) is 10.3. The predicted molar refractivity (Wildman–Crippen MR) is 119 cm³/mol. The molecule has 0 bridgehead atoms. The van der Waals surface area contributed by atoms with E-state index in [1.807, 2.05) is 0 Å². The number of aliphatic carboxylic acids is 2. The van der Waals surface area contributed by atoms with Crippen LogP contribution in [0.15, 0.2) is 81.9 Å². The molecule has 2 atom stereocenters. The number of carboxylic acids is 2. The van der Waals surface area contributed by atoms with Crippen molar-refractivity contribution in [3.8, 4) is 0 Å². The molecule has 208 valence electrons. The minimum atomic E-state index is -6.12. The van der Waals surface area contributed by atoms with Crippen LogP contribution >= 0.6 is 0 Å². The Labute approximate surface area is 213 Å². The van der Waals surface area contributed by atoms with Crippen molar-refractivity contribution in [3.63, 3.8) is 0 Å². The zero-order valence-electron chi connectivity index (χ0n) is 19.0. The number of hydrogen-bond acceptors (Lipinski definition) is 6. The molecule has 0 heterocycles. The van der Waals surface area contributed by atoms with Gasteiger partial charge in [-0.2, -0.15) is 26.3 Å². The predicted octanol–water partition coefficient (Wildman–Crippen LogP) is 2.03. The number of allylic oxidation sites excluding steroid dienone is 4. The number of nitrogens with zero attached hydrogens (tertiary/aromatic N) is 2. The van der Waals surface area contributed by atoms with Crippen LogP contribution in [-0.4, -0.2) is 80.2 Å². The highest BCUT2D eigenvalue weighted by Gasteiger charge is 2.73. The highest BCUT2D eigenvalue weighted by Crippen LogP contribution is 2.60. The Hall–Kier alpha value is -4.44. The molecule has 10 nitrogen and oxygen atoms in total. The van der Waals surface area contributed by atoms with Gasteiger partial charge in [0.1, 0.15) is 12.2 Å². The Morgan fingerprint density at radius 3 is 1.23 bits per heavy atom. The average molecular weight is 562 g/mol. The Morgan fingerprint density at radius 2 is 0.974 bits per heavy atom. The first-order valence-corrected chi connectivity index (χ1v) is 10.3. The normalized spacial score (nSPS) is 22.5. The van der Waals surface area contributed by atoms with Crippen LogP contribution in [0.5, 0.6) is 0 Å². The highest BCUT2D eigenvalue weighted by molar-refractivity contribution is 6.11. The van der Waals surface area contributed by atoms with Gasteiger partial charge in [0.25, 0.3) is 11.8 Å². The van der Waals surface area contributed by atoms with Gasteiger partial charge in [0.15, 0.2) is 0 Å². The number of rotatable bonds is 6. The van der Waals surface area contributed by atoms with Crippen LogP contribution in [0.2, 0.25) is 0 Å². The molecule has 0 radical (unpaired) electrons. The maximum Gasteiger partial charge on any atom is 0.411 e. The molecule has 2 rings (SSSR count). The zero-order valence-corrected chi connectivity index (χ0v) is 19.0. The van der Waals surface area contributed by atoms with Gasteiger partial charge in [0, 0.05) is 24.3 Å². The van der Waals surface area contributed by atoms with E-state index in [4.69, 9.17) is 10.2 Å². The molecule has 0 fully saturated rings. The number of aliphatic hydroxyl groups excluding tert-OH is 2. The first kappa shape index (κ1) is 30.8. The van der Waals surface area contributed by atoms with Crippen LogP contribution < -0.4 is 0 Å². The van der Waals surface area contributed by atoms with Gasteiger partial charge >= 0.3 is 24.3 Å². The van der Waals surface area contributed by atoms with Crippen LogP contribution in [0.1, 0.15) is 0 Å². The van der Waals surface area contributed by atoms with Crippen LogP contribution in [0.4, 0.5) is 26.3 Å². The summed E-state index contributed by atoms with van der Waals surface area (Å²) in [4.78, 5) is 50.7. The lowest BCUT2D eigenvalue weighted by atomic mass is 9.68. The minimum absolute atomic E-state index is 0.138. The molecule has 2 aliphatic carbocycles. The molecule has 0 aromatic heterocycles. The van der Waals surface area contributed by atoms with Crippen LogP contribution in [0.25, 0.3) is 0 Å². The Balaban J connectivity index is 2.60. The second kappa shape index (κ2) is 11.5. The zero-order chi connectivity index (χ0) is 29.8. The molecule has 16 heteroatoms. The lowest BCUT2D eigenvalue weighted by molar-refractivity contribution is -0.308. The van der Waals surface area contributed by atoms with Gasteiger partial charge in [-0.1, -0.05) is 12.2 Å². The molecule has 4 N–H and O–H groups in total. The second-order valence-corrected chi connectivity index (χ2v) is 7.64. The van der Waals surface area contributed by atoms with Crippen molar-refractivity contribution in [2.75, 3.05) is 0 Å². The molecular formula is C23H16F6N2O8. The largest absolute Gasteiger partial charge is 0.478 e. The molecule has 2 amide bonds. The van der Waals surface area contributed by atoms with Gasteiger partial charge < -0.3 is 20.4 Å². The fraction of sp³-hybridized carbons (Fsp3) is 0.217. The van der Waals surface area contributed by atoms with E-state index in [0.717, 1.165) is 0 Å². The summed E-state index contributed by atoms with van der Waals surface area (Å²) >= 11 is 0. The number of aliphatic hydroxyl groups is 2. The van der Waals surface area contributed by atoms with Gasteiger partial charge in [0.05, 0.1) is 11.4 Å². The lowest BCUT2D eigenvalue weighted by Crippen LogP contribution is -2.53. The molecule has 0 aromatic rings. The van der Waals surface area contributed by atoms with E-state index < -0.39 is 76.3 Å². The number of carboxylic acid groups (broad SMARTS) is 2. The van der Waals surface area contributed by atoms with Gasteiger partial charge in [-0.15, -0.1) is 0 Å². The summed E-state index contributed by atoms with van der Waals surface area (Å²) in [6.45, 7) is 0. The molecule has 0 spiro atoms. The Bertz CT molecular complexity index is 1210. The van der Waals surface area contributed by atoms with E-state index in [1.54, 1.807) is 0 Å². The third-order valence-corrected chi connectivity index (χ3v) is 5.08. The fourth-order valence-corrected chi connectivity index (χ4v) is 3.47. The van der Waals surface area contributed by atoms with E-state index in [-0.39, 0.29) is 12.2 Å². The number of alkyl halides is 6. The van der Waals surface area contributed by atoms with Crippen molar-refractivity contribution in [3.05, 3.63) is 71.9 Å². The topological polar surface area (TPSA) is 174 Å². The van der Waals surface area contributed by atoms with Crippen LogP contribution in [0, 0.1) is 5.41 Å². The van der Waals surface area contributed by atoms with E-state index in [9.17, 15) is 55.7 Å². The maximum atomic E-state index is 14.3. The summed E-state index contributed by atoms with van der Waals surface area (Å²) in [6, 6.07) is 0. The minimum Gasteiger partial charge on any atom is -0.478 e. The fourth-order valence-electron chi connectivity index (χ4n) is 3.47. The van der Waals surface area contributed by atoms with Crippen molar-refractivity contribution >= 4 is 35.2 Å². The molecule has 0 saturated heterocycles. The van der Waals surface area contributed by atoms with Crippen molar-refractivity contribution in [1.82, 2.24) is 0 Å². The van der Waals surface area contributed by atoms with Gasteiger partial charge in [-0.05, 0) is 35.5 Å². The van der Waals surface area contributed by atoms with Crippen molar-refractivity contribution < 1.29 is 65.9 Å². The summed E-state index contributed by atoms with van der Waals surface area (Å²) in [5, 5.41) is 37.3. The number of amides is 2. The summed E-state index contributed by atoms with van der Waals surface area (Å²) in [6.07, 6.45) is -13.3. The first-order chi connectivity index (χ1) is 17.9. The standard InChI is InChI=1S/C23H16F6N2O8/c24-22(25,26)21(23(27,28)29,11-1-3-13(15(32)9-11)30-17(34)5-7-19(36)37)12-2-4-14(16(33)10-12)31-18(35)6-8-20(38)39/h1-10,15-16,32-33H,(H,36,37)(H,38,39).